The fraction of sp³-hybridized carbons (Fsp3) is 0.250. The van der Waals surface area contributed by atoms with Gasteiger partial charge in [-0.25, -0.2) is 4.98 Å². The Kier molecular flexibility index (Phi) is 5.17. The molecule has 154 valence electrons. The van der Waals surface area contributed by atoms with Crippen molar-refractivity contribution in [1.29, 1.82) is 0 Å². The molecule has 0 unspecified atom stereocenters. The second-order valence-corrected chi connectivity index (χ2v) is 7.64. The summed E-state index contributed by atoms with van der Waals surface area (Å²) in [5, 5.41) is 11.8. The number of nitro groups is 1. The third-order valence-electron chi connectivity index (χ3n) is 5.00. The zero-order valence-corrected chi connectivity index (χ0v) is 17.2. The van der Waals surface area contributed by atoms with Crippen LogP contribution in [0.1, 0.15) is 19.4 Å². The summed E-state index contributed by atoms with van der Waals surface area (Å²) in [4.78, 5) is 43.4. The number of fused-ring (bicyclic) bond motifs is 2. The number of benzene rings is 2. The highest BCUT2D eigenvalue weighted by Gasteiger charge is 2.16. The third kappa shape index (κ3) is 3.28. The summed E-state index contributed by atoms with van der Waals surface area (Å²) in [6, 6.07) is 10.2. The lowest BCUT2D eigenvalue weighted by Crippen LogP contribution is -2.41. The predicted octanol–water partition coefficient (Wildman–Crippen LogP) is 3.28. The normalized spacial score (nSPS) is 11.4. The topological polar surface area (TPSA) is 116 Å². The van der Waals surface area contributed by atoms with Crippen molar-refractivity contribution < 1.29 is 4.92 Å². The number of nitrogens with zero attached hydrogens (tertiary/aromatic N) is 4. The largest absolute Gasteiger partial charge is 0.333 e. The molecule has 0 amide bonds. The first kappa shape index (κ1) is 19.9. The highest BCUT2D eigenvalue weighted by atomic mass is 32.2. The first-order chi connectivity index (χ1) is 14.4. The number of thioether (sulfide) groups is 1. The minimum atomic E-state index is -0.548. The van der Waals surface area contributed by atoms with Gasteiger partial charge in [0.05, 0.1) is 27.0 Å². The summed E-state index contributed by atoms with van der Waals surface area (Å²) in [6.07, 6.45) is 0. The van der Waals surface area contributed by atoms with Crippen LogP contribution in [0.15, 0.2) is 51.1 Å². The van der Waals surface area contributed by atoms with Gasteiger partial charge in [0, 0.05) is 30.5 Å². The molecule has 2 heterocycles. The number of para-hydroxylation sites is 1. The Balaban J connectivity index is 1.78. The van der Waals surface area contributed by atoms with Crippen LogP contribution in [0.5, 0.6) is 0 Å². The van der Waals surface area contributed by atoms with Crippen LogP contribution in [0.3, 0.4) is 0 Å². The second kappa shape index (κ2) is 7.79. The Labute approximate surface area is 174 Å². The molecule has 0 aliphatic heterocycles. The Morgan fingerprint density at radius 1 is 1.07 bits per heavy atom. The van der Waals surface area contributed by atoms with Crippen LogP contribution < -0.4 is 11.1 Å². The average molecular weight is 425 g/mol. The molecule has 0 saturated carbocycles. The van der Waals surface area contributed by atoms with E-state index in [9.17, 15) is 19.7 Å². The van der Waals surface area contributed by atoms with Gasteiger partial charge < -0.3 is 14.1 Å². The van der Waals surface area contributed by atoms with Gasteiger partial charge in [0.25, 0.3) is 5.69 Å². The highest BCUT2D eigenvalue weighted by molar-refractivity contribution is 7.98. The van der Waals surface area contributed by atoms with E-state index >= 15 is 0 Å². The van der Waals surface area contributed by atoms with Crippen LogP contribution in [0.2, 0.25) is 0 Å². The summed E-state index contributed by atoms with van der Waals surface area (Å²) in [6.45, 7) is 4.40. The molecule has 4 rings (SSSR count). The predicted molar refractivity (Wildman–Crippen MR) is 116 cm³/mol. The van der Waals surface area contributed by atoms with Crippen molar-refractivity contribution in [1.82, 2.24) is 19.1 Å². The molecule has 9 nitrogen and oxygen atoms in total. The number of hydrogen-bond donors (Lipinski definition) is 1. The van der Waals surface area contributed by atoms with E-state index in [0.717, 1.165) is 5.52 Å². The highest BCUT2D eigenvalue weighted by Crippen LogP contribution is 2.28. The van der Waals surface area contributed by atoms with Gasteiger partial charge in [-0.05, 0) is 26.0 Å². The quantitative estimate of drug-likeness (QED) is 0.219. The van der Waals surface area contributed by atoms with Gasteiger partial charge in [-0.15, -0.1) is 0 Å². The van der Waals surface area contributed by atoms with E-state index < -0.39 is 16.0 Å². The zero-order valence-electron chi connectivity index (χ0n) is 16.4. The molecule has 0 aliphatic rings. The van der Waals surface area contributed by atoms with E-state index in [2.05, 4.69) is 9.97 Å². The van der Waals surface area contributed by atoms with Crippen LogP contribution in [0, 0.1) is 10.1 Å². The number of aromatic nitrogens is 4. The molecule has 0 radical (unpaired) electrons. The summed E-state index contributed by atoms with van der Waals surface area (Å²) in [7, 11) is 0. The van der Waals surface area contributed by atoms with Crippen molar-refractivity contribution in [2.24, 2.45) is 0 Å². The maximum absolute atomic E-state index is 12.4. The number of aryl methyl sites for hydroxylation is 2. The van der Waals surface area contributed by atoms with Gasteiger partial charge in [0.1, 0.15) is 0 Å². The average Bonchev–Trinajstić information content (AvgIpc) is 3.14. The van der Waals surface area contributed by atoms with Gasteiger partial charge >= 0.3 is 11.1 Å². The molecule has 0 spiro atoms. The number of nitro benzene ring substituents is 1. The van der Waals surface area contributed by atoms with Gasteiger partial charge in [-0.1, -0.05) is 30.0 Å². The molecule has 10 heteroatoms. The standard InChI is InChI=1S/C20H19N5O4S/c1-3-23-16-9-13-14(10-17(16)24(4-2)19(27)18(23)26)22-20(21-13)30-11-12-7-5-6-8-15(12)25(28)29/h5-10H,3-4,11H2,1-2H3,(H,21,22). The van der Waals surface area contributed by atoms with Gasteiger partial charge in [0.2, 0.25) is 0 Å². The van der Waals surface area contributed by atoms with Crippen molar-refractivity contribution in [3.8, 4) is 0 Å². The maximum atomic E-state index is 12.4. The number of imidazole rings is 1. The lowest BCUT2D eigenvalue weighted by atomic mass is 10.2. The van der Waals surface area contributed by atoms with Crippen molar-refractivity contribution in [2.45, 2.75) is 37.8 Å². The van der Waals surface area contributed by atoms with E-state index in [1.165, 1.54) is 27.0 Å². The first-order valence-electron chi connectivity index (χ1n) is 9.46. The number of hydrogen-bond acceptors (Lipinski definition) is 6. The summed E-state index contributed by atoms with van der Waals surface area (Å²) < 4.78 is 2.92. The third-order valence-corrected chi connectivity index (χ3v) is 5.92. The van der Waals surface area contributed by atoms with Crippen molar-refractivity contribution in [3.63, 3.8) is 0 Å². The fourth-order valence-corrected chi connectivity index (χ4v) is 4.43. The number of aromatic amines is 1. The molecule has 1 N–H and O–H groups in total. The van der Waals surface area contributed by atoms with E-state index in [1.807, 2.05) is 19.9 Å². The minimum absolute atomic E-state index is 0.0748. The van der Waals surface area contributed by atoms with Crippen LogP contribution in [-0.4, -0.2) is 24.0 Å². The lowest BCUT2D eigenvalue weighted by molar-refractivity contribution is -0.385. The minimum Gasteiger partial charge on any atom is -0.333 e. The Bertz CT molecular complexity index is 1330. The Hall–Kier alpha value is -3.40. The molecular formula is C20H19N5O4S. The number of rotatable bonds is 6. The molecule has 2 aromatic carbocycles. The molecule has 0 fully saturated rings. The summed E-state index contributed by atoms with van der Waals surface area (Å²) >= 11 is 1.36. The summed E-state index contributed by atoms with van der Waals surface area (Å²) in [5.41, 5.74) is 2.30. The summed E-state index contributed by atoms with van der Waals surface area (Å²) in [5.74, 6) is 0.385. The van der Waals surface area contributed by atoms with Crippen molar-refractivity contribution in [3.05, 3.63) is 72.8 Å². The monoisotopic (exact) mass is 425 g/mol. The number of H-pyrrole nitrogens is 1. The lowest BCUT2D eigenvalue weighted by Gasteiger charge is -2.12. The van der Waals surface area contributed by atoms with Crippen LogP contribution >= 0.6 is 11.8 Å². The zero-order chi connectivity index (χ0) is 21.4. The van der Waals surface area contributed by atoms with Gasteiger partial charge in [0.15, 0.2) is 5.16 Å². The fourth-order valence-electron chi connectivity index (χ4n) is 3.55. The molecule has 0 saturated heterocycles. The van der Waals surface area contributed by atoms with Crippen LogP contribution in [-0.2, 0) is 18.8 Å². The van der Waals surface area contributed by atoms with Gasteiger partial charge in [-0.3, -0.25) is 19.7 Å². The molecule has 0 atom stereocenters. The van der Waals surface area contributed by atoms with Crippen LogP contribution in [0.25, 0.3) is 22.1 Å². The molecule has 4 aromatic rings. The SMILES string of the molecule is CCn1c(=O)c(=O)n(CC)c2cc3[nH]c(SCc4ccccc4[N+](=O)[O-])nc3cc21. The van der Waals surface area contributed by atoms with Crippen LogP contribution in [0.4, 0.5) is 5.69 Å². The van der Waals surface area contributed by atoms with Gasteiger partial charge in [-0.2, -0.15) is 0 Å². The Morgan fingerprint density at radius 2 is 1.70 bits per heavy atom. The molecule has 0 aliphatic carbocycles. The maximum Gasteiger partial charge on any atom is 0.316 e. The van der Waals surface area contributed by atoms with E-state index in [0.29, 0.717) is 46.1 Å². The molecule has 30 heavy (non-hydrogen) atoms. The molecule has 0 bridgehead atoms. The van der Waals surface area contributed by atoms with Crippen molar-refractivity contribution >= 4 is 39.5 Å². The second-order valence-electron chi connectivity index (χ2n) is 6.67. The van der Waals surface area contributed by atoms with E-state index in [1.54, 1.807) is 24.3 Å². The molecular weight excluding hydrogens is 406 g/mol. The Morgan fingerprint density at radius 3 is 2.33 bits per heavy atom. The molecule has 2 aromatic heterocycles. The smallest absolute Gasteiger partial charge is 0.316 e. The van der Waals surface area contributed by atoms with Crippen molar-refractivity contribution in [2.75, 3.05) is 0 Å². The first-order valence-corrected chi connectivity index (χ1v) is 10.4. The van der Waals surface area contributed by atoms with E-state index in [4.69, 9.17) is 0 Å². The van der Waals surface area contributed by atoms with E-state index in [-0.39, 0.29) is 5.69 Å². The number of nitrogens with one attached hydrogen (secondary N) is 1.